The second-order valence-corrected chi connectivity index (χ2v) is 11.4. The summed E-state index contributed by atoms with van der Waals surface area (Å²) in [5, 5.41) is 46.3. The molecule has 0 bridgehead atoms. The number of hydrogen-bond donors (Lipinski definition) is 5. The van der Waals surface area contributed by atoms with E-state index in [9.17, 15) is 34.8 Å². The lowest BCUT2D eigenvalue weighted by Gasteiger charge is -2.50. The summed E-state index contributed by atoms with van der Waals surface area (Å²) in [6.07, 6.45) is 0.239. The van der Waals surface area contributed by atoms with Gasteiger partial charge in [0, 0.05) is 17.1 Å². The second kappa shape index (κ2) is 9.68. The van der Waals surface area contributed by atoms with E-state index in [4.69, 9.17) is 5.73 Å². The van der Waals surface area contributed by atoms with E-state index in [0.717, 1.165) is 11.1 Å². The Kier molecular flexibility index (Phi) is 6.32. The van der Waals surface area contributed by atoms with Gasteiger partial charge in [0.05, 0.1) is 11.6 Å². The van der Waals surface area contributed by atoms with Crippen LogP contribution in [0.5, 0.6) is 5.75 Å². The number of nitrogens with zero attached hydrogens (tertiary/aromatic N) is 1. The minimum atomic E-state index is -2.68. The van der Waals surface area contributed by atoms with Gasteiger partial charge < -0.3 is 26.2 Å². The fraction of sp³-hybridized carbons (Fsp3) is 0.242. The van der Waals surface area contributed by atoms with E-state index in [1.807, 2.05) is 66.7 Å². The Balaban J connectivity index is 1.63. The van der Waals surface area contributed by atoms with Gasteiger partial charge in [-0.2, -0.15) is 0 Å². The van der Waals surface area contributed by atoms with Crippen LogP contribution in [0.1, 0.15) is 17.5 Å². The van der Waals surface area contributed by atoms with Crippen LogP contribution in [-0.2, 0) is 20.8 Å². The van der Waals surface area contributed by atoms with Crippen LogP contribution in [0, 0.1) is 11.8 Å². The molecule has 214 valence electrons. The van der Waals surface area contributed by atoms with Crippen molar-refractivity contribution in [2.24, 2.45) is 17.6 Å². The molecule has 3 aromatic carbocycles. The van der Waals surface area contributed by atoms with Crippen LogP contribution in [0.4, 0.5) is 0 Å². The number of aliphatic hydroxyl groups is 3. The summed E-state index contributed by atoms with van der Waals surface area (Å²) in [5.74, 6) is -6.72. The van der Waals surface area contributed by atoms with Gasteiger partial charge in [-0.3, -0.25) is 19.3 Å². The molecule has 0 aromatic heterocycles. The van der Waals surface area contributed by atoms with Gasteiger partial charge in [-0.25, -0.2) is 0 Å². The maximum absolute atomic E-state index is 14.2. The monoisotopic (exact) mass is 566 g/mol. The largest absolute Gasteiger partial charge is 0.508 e. The van der Waals surface area contributed by atoms with Crippen LogP contribution >= 0.6 is 0 Å². The van der Waals surface area contributed by atoms with Gasteiger partial charge in [0.1, 0.15) is 22.8 Å². The molecule has 0 aliphatic heterocycles. The first kappa shape index (κ1) is 27.4. The van der Waals surface area contributed by atoms with Crippen LogP contribution in [0.25, 0.3) is 28.0 Å². The smallest absolute Gasteiger partial charge is 0.255 e. The average molecular weight is 567 g/mol. The molecule has 0 saturated heterocycles. The van der Waals surface area contributed by atoms with Crippen LogP contribution in [0.3, 0.4) is 0 Å². The van der Waals surface area contributed by atoms with E-state index in [2.05, 4.69) is 0 Å². The molecule has 9 nitrogen and oxygen atoms in total. The van der Waals surface area contributed by atoms with Gasteiger partial charge in [0.25, 0.3) is 5.91 Å². The van der Waals surface area contributed by atoms with Crippen molar-refractivity contribution >= 4 is 23.2 Å². The molecule has 4 unspecified atom stereocenters. The number of benzene rings is 3. The van der Waals surface area contributed by atoms with Crippen molar-refractivity contribution in [2.75, 3.05) is 14.1 Å². The fourth-order valence-corrected chi connectivity index (χ4v) is 7.02. The number of aliphatic hydroxyl groups excluding tert-OH is 2. The van der Waals surface area contributed by atoms with E-state index in [1.54, 1.807) is 14.1 Å². The van der Waals surface area contributed by atoms with Crippen LogP contribution in [0.2, 0.25) is 0 Å². The minimum absolute atomic E-state index is 0.0290. The zero-order chi connectivity index (χ0) is 30.1. The van der Waals surface area contributed by atoms with E-state index >= 15 is 0 Å². The molecule has 42 heavy (non-hydrogen) atoms. The van der Waals surface area contributed by atoms with Gasteiger partial charge in [0.2, 0.25) is 5.78 Å². The lowest BCUT2D eigenvalue weighted by Crippen LogP contribution is -2.65. The van der Waals surface area contributed by atoms with Gasteiger partial charge in [-0.1, -0.05) is 60.7 Å². The molecule has 0 radical (unpaired) electrons. The molecule has 0 spiro atoms. The zero-order valence-corrected chi connectivity index (χ0v) is 23.0. The van der Waals surface area contributed by atoms with Gasteiger partial charge in [0.15, 0.2) is 11.4 Å². The topological polar surface area (TPSA) is 161 Å². The van der Waals surface area contributed by atoms with Crippen LogP contribution in [-0.4, -0.2) is 68.5 Å². The lowest BCUT2D eigenvalue weighted by molar-refractivity contribution is -0.153. The number of rotatable bonds is 4. The summed E-state index contributed by atoms with van der Waals surface area (Å²) in [6, 6.07) is 19.3. The van der Waals surface area contributed by atoms with Gasteiger partial charge in [-0.15, -0.1) is 0 Å². The van der Waals surface area contributed by atoms with Gasteiger partial charge in [-0.05, 0) is 61.2 Å². The highest BCUT2D eigenvalue weighted by Crippen LogP contribution is 2.55. The number of phenols is 1. The number of carbonyl (C=O) groups excluding carboxylic acids is 3. The first-order chi connectivity index (χ1) is 20.0. The van der Waals surface area contributed by atoms with E-state index in [0.29, 0.717) is 16.7 Å². The predicted octanol–water partition coefficient (Wildman–Crippen LogP) is 3.30. The first-order valence-electron chi connectivity index (χ1n) is 13.6. The number of fused-ring (bicyclic) bond motifs is 3. The summed E-state index contributed by atoms with van der Waals surface area (Å²) < 4.78 is 0. The molecule has 1 saturated carbocycles. The Morgan fingerprint density at radius 3 is 2.05 bits per heavy atom. The van der Waals surface area contributed by atoms with Crippen LogP contribution < -0.4 is 5.73 Å². The molecular weight excluding hydrogens is 536 g/mol. The quantitative estimate of drug-likeness (QED) is 0.301. The molecule has 3 aliphatic carbocycles. The minimum Gasteiger partial charge on any atom is -0.508 e. The third-order valence-corrected chi connectivity index (χ3v) is 8.89. The summed E-state index contributed by atoms with van der Waals surface area (Å²) in [7, 11) is 3.15. The Labute approximate surface area is 241 Å². The van der Waals surface area contributed by atoms with Crippen LogP contribution in [0.15, 0.2) is 83.6 Å². The number of hydrogen-bond acceptors (Lipinski definition) is 8. The number of ketones is 2. The summed E-state index contributed by atoms with van der Waals surface area (Å²) >= 11 is 0. The Morgan fingerprint density at radius 2 is 1.50 bits per heavy atom. The number of Topliss-reactive ketones (excluding diaryl/α,β-unsaturated/α-hetero) is 2. The second-order valence-electron chi connectivity index (χ2n) is 11.4. The zero-order valence-electron chi connectivity index (χ0n) is 23.0. The molecule has 3 aliphatic rings. The molecule has 9 heteroatoms. The first-order valence-corrected chi connectivity index (χ1v) is 13.6. The van der Waals surface area contributed by atoms with E-state index < -0.39 is 58.0 Å². The maximum Gasteiger partial charge on any atom is 0.255 e. The molecule has 6 N–H and O–H groups in total. The van der Waals surface area contributed by atoms with Crippen molar-refractivity contribution in [2.45, 2.75) is 24.5 Å². The maximum atomic E-state index is 14.2. The molecule has 6 rings (SSSR count). The van der Waals surface area contributed by atoms with Crippen molar-refractivity contribution in [3.63, 3.8) is 0 Å². The Bertz CT molecular complexity index is 1730. The SMILES string of the molecule is CN(C)C1C(=O)C(C(N)=O)=C(O)C2(O)C(=O)C3=C(O)c4c(O)c(-c5ccccc5)cc(-c5ccccc5)c4CC3CC12. The normalized spacial score (nSPS) is 25.3. The van der Waals surface area contributed by atoms with Crippen molar-refractivity contribution < 1.29 is 34.8 Å². The summed E-state index contributed by atoms with van der Waals surface area (Å²) in [6.45, 7) is 0. The standard InChI is InChI=1S/C33H30N2O7/c1-35(2)26-22-14-18-13-21-19(16-9-5-3-6-10-16)15-20(17-11-7-4-8-12-17)27(36)24(21)28(37)23(18)30(39)33(22,42)31(40)25(29(26)38)32(34)41/h3-12,15,18,22,26,36-37,40,42H,13-14H2,1-2H3,(H2,34,41). The molecule has 3 aromatic rings. The summed E-state index contributed by atoms with van der Waals surface area (Å²) in [5.41, 5.74) is 5.11. The highest BCUT2D eigenvalue weighted by atomic mass is 16.3. The number of phenolic OH excluding ortho intramolecular Hbond substituents is 1. The number of primary amides is 1. The number of likely N-dealkylation sites (N-methyl/N-ethyl adjacent to an activating group) is 1. The van der Waals surface area contributed by atoms with Crippen molar-refractivity contribution in [1.29, 1.82) is 0 Å². The van der Waals surface area contributed by atoms with E-state index in [-0.39, 0.29) is 29.7 Å². The third kappa shape index (κ3) is 3.74. The van der Waals surface area contributed by atoms with Gasteiger partial charge >= 0.3 is 0 Å². The molecule has 1 fully saturated rings. The van der Waals surface area contributed by atoms with Crippen molar-refractivity contribution in [3.05, 3.63) is 94.8 Å². The Hall–Kier alpha value is -4.73. The Morgan fingerprint density at radius 1 is 0.929 bits per heavy atom. The molecular formula is C33H30N2O7. The number of aromatic hydroxyl groups is 1. The van der Waals surface area contributed by atoms with E-state index in [1.165, 1.54) is 4.90 Å². The number of carbonyl (C=O) groups is 3. The molecule has 0 heterocycles. The number of nitrogens with two attached hydrogens (primary N) is 1. The molecule has 4 atom stereocenters. The number of amides is 1. The molecule has 1 amide bonds. The van der Waals surface area contributed by atoms with Crippen molar-refractivity contribution in [1.82, 2.24) is 4.90 Å². The van der Waals surface area contributed by atoms with Crippen molar-refractivity contribution in [3.8, 4) is 28.0 Å². The average Bonchev–Trinajstić information content (AvgIpc) is 2.95. The highest BCUT2D eigenvalue weighted by Gasteiger charge is 2.64. The summed E-state index contributed by atoms with van der Waals surface area (Å²) in [4.78, 5) is 41.2. The fourth-order valence-electron chi connectivity index (χ4n) is 7.02. The predicted molar refractivity (Wildman–Crippen MR) is 155 cm³/mol. The lowest BCUT2D eigenvalue weighted by atomic mass is 9.57. The highest BCUT2D eigenvalue weighted by molar-refractivity contribution is 6.24. The third-order valence-electron chi connectivity index (χ3n) is 8.89.